The van der Waals surface area contributed by atoms with Crippen LogP contribution < -0.4 is 0 Å². The number of aromatic hydroxyl groups is 1. The second kappa shape index (κ2) is 5.08. The van der Waals surface area contributed by atoms with Crippen LogP contribution in [0.1, 0.15) is 34.3 Å². The van der Waals surface area contributed by atoms with Crippen molar-refractivity contribution in [2.75, 3.05) is 0 Å². The number of aromatic nitrogens is 1. The summed E-state index contributed by atoms with van der Waals surface area (Å²) in [5.74, 6) is -5.79. The van der Waals surface area contributed by atoms with Crippen molar-refractivity contribution in [3.8, 4) is 16.3 Å². The number of carbonyl (C=O) groups excluding carboxylic acids is 1. The number of carbonyl (C=O) groups is 1. The van der Waals surface area contributed by atoms with E-state index in [2.05, 4.69) is 4.98 Å². The molecule has 0 fully saturated rings. The van der Waals surface area contributed by atoms with Gasteiger partial charge in [0.25, 0.3) is 0 Å². The second-order valence-corrected chi connectivity index (χ2v) is 6.39. The Kier molecular flexibility index (Phi) is 3.47. The molecule has 0 saturated heterocycles. The lowest BCUT2D eigenvalue weighted by molar-refractivity contribution is 0.0917. The number of aryl methyl sites for hydroxylation is 1. The van der Waals surface area contributed by atoms with Crippen LogP contribution in [0.15, 0.2) is 0 Å². The molecule has 1 N–H and O–H groups in total. The van der Waals surface area contributed by atoms with Gasteiger partial charge in [-0.15, -0.1) is 11.3 Å². The maximum absolute atomic E-state index is 14.1. The van der Waals surface area contributed by atoms with Gasteiger partial charge in [0.2, 0.25) is 5.82 Å². The van der Waals surface area contributed by atoms with Crippen LogP contribution in [0.2, 0.25) is 0 Å². The number of ketones is 1. The van der Waals surface area contributed by atoms with Crippen molar-refractivity contribution in [2.24, 2.45) is 5.92 Å². The molecule has 1 aromatic carbocycles. The zero-order chi connectivity index (χ0) is 16.2. The first-order chi connectivity index (χ1) is 10.3. The summed E-state index contributed by atoms with van der Waals surface area (Å²) in [7, 11) is 0. The Morgan fingerprint density at radius 1 is 1.23 bits per heavy atom. The summed E-state index contributed by atoms with van der Waals surface area (Å²) in [5, 5.41) is 9.27. The van der Waals surface area contributed by atoms with E-state index in [1.807, 2.05) is 0 Å². The fraction of sp³-hybridized carbons (Fsp3) is 0.333. The Labute approximate surface area is 128 Å². The van der Waals surface area contributed by atoms with Crippen LogP contribution in [0.3, 0.4) is 0 Å². The van der Waals surface area contributed by atoms with Crippen LogP contribution in [-0.2, 0) is 6.42 Å². The van der Waals surface area contributed by atoms with Gasteiger partial charge in [0.05, 0.1) is 16.1 Å². The van der Waals surface area contributed by atoms with E-state index < -0.39 is 23.2 Å². The predicted octanol–water partition coefficient (Wildman–Crippen LogP) is 4.01. The van der Waals surface area contributed by atoms with Crippen LogP contribution in [0.25, 0.3) is 10.6 Å². The lowest BCUT2D eigenvalue weighted by Gasteiger charge is -2.14. The van der Waals surface area contributed by atoms with E-state index in [1.165, 1.54) is 6.92 Å². The lowest BCUT2D eigenvalue weighted by Crippen LogP contribution is -2.18. The van der Waals surface area contributed by atoms with Crippen LogP contribution in [0, 0.1) is 30.3 Å². The number of nitrogens with zero attached hydrogens (tertiary/aromatic N) is 1. The predicted molar refractivity (Wildman–Crippen MR) is 75.6 cm³/mol. The minimum atomic E-state index is -1.65. The number of phenolic OH excluding ortho intramolecular Hbond substituents is 1. The van der Waals surface area contributed by atoms with E-state index in [-0.39, 0.29) is 27.8 Å². The normalized spacial score (nSPS) is 17.7. The number of thiazole rings is 1. The average molecular weight is 327 g/mol. The molecule has 0 saturated carbocycles. The molecule has 7 heteroatoms. The van der Waals surface area contributed by atoms with E-state index in [9.17, 15) is 23.1 Å². The molecule has 1 aliphatic rings. The largest absolute Gasteiger partial charge is 0.503 e. The van der Waals surface area contributed by atoms with Gasteiger partial charge in [-0.1, -0.05) is 6.92 Å². The minimum absolute atomic E-state index is 0.0558. The molecule has 0 aliphatic heterocycles. The summed E-state index contributed by atoms with van der Waals surface area (Å²) in [5.41, 5.74) is -0.0357. The zero-order valence-electron chi connectivity index (χ0n) is 11.8. The molecular formula is C15H12F3NO2S. The summed E-state index contributed by atoms with van der Waals surface area (Å²) in [6.07, 6.45) is 1.22. The van der Waals surface area contributed by atoms with Crippen LogP contribution in [-0.4, -0.2) is 15.9 Å². The molecule has 0 amide bonds. The second-order valence-electron chi connectivity index (χ2n) is 5.39. The first kappa shape index (κ1) is 15.0. The van der Waals surface area contributed by atoms with Gasteiger partial charge in [0, 0.05) is 11.5 Å². The molecule has 1 heterocycles. The SMILES string of the molecule is Cc1c(F)c(O)c(F)c(F)c1-c1nc2c(s1)C(=O)C(C)CC2. The van der Waals surface area contributed by atoms with Crippen LogP contribution in [0.5, 0.6) is 5.75 Å². The van der Waals surface area contributed by atoms with Crippen molar-refractivity contribution in [3.63, 3.8) is 0 Å². The summed E-state index contributed by atoms with van der Waals surface area (Å²) in [6.45, 7) is 3.04. The number of fused-ring (bicyclic) bond motifs is 1. The zero-order valence-corrected chi connectivity index (χ0v) is 12.7. The molecule has 3 rings (SSSR count). The molecular weight excluding hydrogens is 315 g/mol. The van der Waals surface area contributed by atoms with Crippen molar-refractivity contribution in [1.29, 1.82) is 0 Å². The van der Waals surface area contributed by atoms with E-state index in [4.69, 9.17) is 0 Å². The standard InChI is InChI=1S/C15H12F3NO2S/c1-5-3-4-7-14(12(5)20)22-15(19-7)8-6(2)9(16)13(21)11(18)10(8)17/h5,21H,3-4H2,1-2H3. The van der Waals surface area contributed by atoms with Gasteiger partial charge < -0.3 is 5.11 Å². The topological polar surface area (TPSA) is 50.2 Å². The first-order valence-electron chi connectivity index (χ1n) is 6.73. The number of hydrogen-bond acceptors (Lipinski definition) is 4. The van der Waals surface area contributed by atoms with E-state index >= 15 is 0 Å². The Bertz CT molecular complexity index is 772. The fourth-order valence-corrected chi connectivity index (χ4v) is 3.81. The number of halogens is 3. The number of benzene rings is 1. The monoisotopic (exact) mass is 327 g/mol. The molecule has 2 aromatic rings. The number of Topliss-reactive ketones (excluding diaryl/α,β-unsaturated/α-hetero) is 1. The van der Waals surface area contributed by atoms with Crippen LogP contribution in [0.4, 0.5) is 13.2 Å². The van der Waals surface area contributed by atoms with Gasteiger partial charge in [-0.25, -0.2) is 13.8 Å². The van der Waals surface area contributed by atoms with Crippen molar-refractivity contribution in [3.05, 3.63) is 33.6 Å². The smallest absolute Gasteiger partial charge is 0.204 e. The summed E-state index contributed by atoms with van der Waals surface area (Å²) in [6, 6.07) is 0. The third-order valence-corrected chi connectivity index (χ3v) is 5.06. The van der Waals surface area contributed by atoms with Gasteiger partial charge in [-0.2, -0.15) is 4.39 Å². The fourth-order valence-electron chi connectivity index (χ4n) is 2.55. The minimum Gasteiger partial charge on any atom is -0.503 e. The Morgan fingerprint density at radius 3 is 2.59 bits per heavy atom. The number of rotatable bonds is 1. The highest BCUT2D eigenvalue weighted by Crippen LogP contribution is 2.40. The molecule has 3 nitrogen and oxygen atoms in total. The third kappa shape index (κ3) is 2.03. The number of hydrogen-bond donors (Lipinski definition) is 1. The molecule has 0 bridgehead atoms. The van der Waals surface area contributed by atoms with Crippen molar-refractivity contribution < 1.29 is 23.1 Å². The molecule has 0 spiro atoms. The maximum Gasteiger partial charge on any atom is 0.204 e. The molecule has 1 aliphatic carbocycles. The Morgan fingerprint density at radius 2 is 1.91 bits per heavy atom. The van der Waals surface area contributed by atoms with E-state index in [0.29, 0.717) is 23.4 Å². The summed E-state index contributed by atoms with van der Waals surface area (Å²) < 4.78 is 41.5. The van der Waals surface area contributed by atoms with Gasteiger partial charge >= 0.3 is 0 Å². The van der Waals surface area contributed by atoms with Gasteiger partial charge in [-0.3, -0.25) is 4.79 Å². The molecule has 1 atom stereocenters. The van der Waals surface area contributed by atoms with Crippen molar-refractivity contribution >= 4 is 17.1 Å². The number of phenols is 1. The Hall–Kier alpha value is -1.89. The van der Waals surface area contributed by atoms with Crippen molar-refractivity contribution in [1.82, 2.24) is 4.98 Å². The highest BCUT2D eigenvalue weighted by Gasteiger charge is 2.31. The highest BCUT2D eigenvalue weighted by atomic mass is 32.1. The van der Waals surface area contributed by atoms with Gasteiger partial charge in [0.15, 0.2) is 23.2 Å². The molecule has 22 heavy (non-hydrogen) atoms. The Balaban J connectivity index is 2.22. The van der Waals surface area contributed by atoms with Crippen molar-refractivity contribution in [2.45, 2.75) is 26.7 Å². The molecule has 1 aromatic heterocycles. The molecule has 1 unspecified atom stereocenters. The van der Waals surface area contributed by atoms with Crippen LogP contribution >= 0.6 is 11.3 Å². The molecule has 116 valence electrons. The quantitative estimate of drug-likeness (QED) is 0.805. The first-order valence-corrected chi connectivity index (χ1v) is 7.54. The highest BCUT2D eigenvalue weighted by molar-refractivity contribution is 7.17. The lowest BCUT2D eigenvalue weighted by atomic mass is 9.92. The molecule has 0 radical (unpaired) electrons. The third-order valence-electron chi connectivity index (χ3n) is 3.93. The van der Waals surface area contributed by atoms with Gasteiger partial charge in [0.1, 0.15) is 5.01 Å². The van der Waals surface area contributed by atoms with E-state index in [0.717, 1.165) is 11.3 Å². The maximum atomic E-state index is 14.1. The summed E-state index contributed by atoms with van der Waals surface area (Å²) in [4.78, 5) is 16.7. The van der Waals surface area contributed by atoms with Gasteiger partial charge in [-0.05, 0) is 19.8 Å². The van der Waals surface area contributed by atoms with E-state index in [1.54, 1.807) is 6.92 Å². The average Bonchev–Trinajstić information content (AvgIpc) is 2.92. The summed E-state index contributed by atoms with van der Waals surface area (Å²) >= 11 is 0.936.